The second kappa shape index (κ2) is 4.93. The summed E-state index contributed by atoms with van der Waals surface area (Å²) in [4.78, 5) is 3.98. The number of hydrogen-bond donors (Lipinski definition) is 1. The van der Waals surface area contributed by atoms with Gasteiger partial charge in [0.25, 0.3) is 0 Å². The van der Waals surface area contributed by atoms with Gasteiger partial charge in [0.05, 0.1) is 17.4 Å². The Hall–Kier alpha value is -2.41. The number of nitrogens with one attached hydrogen (secondary N) is 1. The highest BCUT2D eigenvalue weighted by Gasteiger charge is 2.15. The van der Waals surface area contributed by atoms with E-state index < -0.39 is 11.6 Å². The number of halogens is 2. The van der Waals surface area contributed by atoms with Gasteiger partial charge in [-0.3, -0.25) is 14.6 Å². The van der Waals surface area contributed by atoms with Gasteiger partial charge in [-0.25, -0.2) is 8.78 Å². The van der Waals surface area contributed by atoms with Crippen LogP contribution in [0.1, 0.15) is 0 Å². The van der Waals surface area contributed by atoms with Crippen LogP contribution >= 0.6 is 12.2 Å². The largest absolute Gasteiger partial charge is 0.266 e. The molecule has 0 atom stereocenters. The summed E-state index contributed by atoms with van der Waals surface area (Å²) in [5.41, 5.74) is 0.645. The van der Waals surface area contributed by atoms with E-state index in [-0.39, 0.29) is 16.2 Å². The Kier molecular flexibility index (Phi) is 3.11. The Balaban J connectivity index is 2.27. The summed E-state index contributed by atoms with van der Waals surface area (Å²) in [6, 6.07) is 6.65. The predicted molar refractivity (Wildman–Crippen MR) is 71.9 cm³/mol. The molecule has 2 heterocycles. The van der Waals surface area contributed by atoms with Crippen LogP contribution in [0.25, 0.3) is 17.1 Å². The van der Waals surface area contributed by atoms with Gasteiger partial charge in [0.15, 0.2) is 10.6 Å². The number of aromatic amines is 1. The van der Waals surface area contributed by atoms with Crippen molar-refractivity contribution < 1.29 is 8.78 Å². The lowest BCUT2D eigenvalue weighted by Gasteiger charge is -2.07. The second-order valence-corrected chi connectivity index (χ2v) is 4.41. The zero-order chi connectivity index (χ0) is 14.1. The van der Waals surface area contributed by atoms with Crippen LogP contribution in [0, 0.1) is 16.4 Å². The Morgan fingerprint density at radius 2 is 2.05 bits per heavy atom. The first-order chi connectivity index (χ1) is 9.66. The molecule has 7 heteroatoms. The zero-order valence-corrected chi connectivity index (χ0v) is 10.9. The molecular formula is C13H8F2N4S. The molecule has 2 aromatic heterocycles. The van der Waals surface area contributed by atoms with Crippen molar-refractivity contribution in [2.24, 2.45) is 0 Å². The highest BCUT2D eigenvalue weighted by Crippen LogP contribution is 2.24. The summed E-state index contributed by atoms with van der Waals surface area (Å²) in [6.45, 7) is 0. The minimum Gasteiger partial charge on any atom is -0.266 e. The van der Waals surface area contributed by atoms with Gasteiger partial charge in [-0.1, -0.05) is 0 Å². The van der Waals surface area contributed by atoms with Crippen molar-refractivity contribution >= 4 is 12.2 Å². The van der Waals surface area contributed by atoms with Crippen LogP contribution in [0.15, 0.2) is 42.7 Å². The fourth-order valence-corrected chi connectivity index (χ4v) is 2.11. The third-order valence-electron chi connectivity index (χ3n) is 2.75. The molecular weight excluding hydrogens is 282 g/mol. The maximum atomic E-state index is 13.9. The van der Waals surface area contributed by atoms with E-state index in [0.29, 0.717) is 5.69 Å². The van der Waals surface area contributed by atoms with Crippen LogP contribution in [0.4, 0.5) is 8.78 Å². The van der Waals surface area contributed by atoms with Crippen LogP contribution in [-0.2, 0) is 0 Å². The van der Waals surface area contributed by atoms with Crippen LogP contribution in [0.5, 0.6) is 0 Å². The van der Waals surface area contributed by atoms with Gasteiger partial charge >= 0.3 is 0 Å². The van der Waals surface area contributed by atoms with Crippen molar-refractivity contribution in [1.82, 2.24) is 19.7 Å². The highest BCUT2D eigenvalue weighted by molar-refractivity contribution is 7.71. The van der Waals surface area contributed by atoms with Gasteiger partial charge in [-0.05, 0) is 42.5 Å². The Morgan fingerprint density at radius 1 is 1.20 bits per heavy atom. The van der Waals surface area contributed by atoms with Crippen molar-refractivity contribution in [2.45, 2.75) is 0 Å². The molecule has 0 aliphatic carbocycles. The molecule has 0 fully saturated rings. The maximum Gasteiger partial charge on any atom is 0.200 e. The Morgan fingerprint density at radius 3 is 2.80 bits per heavy atom. The molecule has 0 saturated carbocycles. The van der Waals surface area contributed by atoms with Gasteiger partial charge in [-0.15, -0.1) is 0 Å². The standard InChI is InChI=1S/C13H8F2N4S/c14-8-3-4-11(15)10(6-8)12-17-18-13(20)19(12)9-2-1-5-16-7-9/h1-7H,(H,18,20). The topological polar surface area (TPSA) is 46.5 Å². The van der Waals surface area contributed by atoms with Crippen molar-refractivity contribution in [1.29, 1.82) is 0 Å². The number of hydrogen-bond acceptors (Lipinski definition) is 3. The molecule has 3 rings (SSSR count). The van der Waals surface area contributed by atoms with E-state index in [2.05, 4.69) is 15.2 Å². The molecule has 0 amide bonds. The molecule has 3 aromatic rings. The molecule has 0 aliphatic heterocycles. The Labute approximate surface area is 117 Å². The minimum atomic E-state index is -0.578. The number of benzene rings is 1. The quantitative estimate of drug-likeness (QED) is 0.737. The third-order valence-corrected chi connectivity index (χ3v) is 3.02. The Bertz CT molecular complexity index is 811. The number of nitrogens with zero attached hydrogens (tertiary/aromatic N) is 3. The molecule has 1 N–H and O–H groups in total. The molecule has 0 unspecified atom stereocenters. The molecule has 20 heavy (non-hydrogen) atoms. The highest BCUT2D eigenvalue weighted by atomic mass is 32.1. The molecule has 4 nitrogen and oxygen atoms in total. The molecule has 100 valence electrons. The fraction of sp³-hybridized carbons (Fsp3) is 0. The van der Waals surface area contributed by atoms with Crippen molar-refractivity contribution in [3.63, 3.8) is 0 Å². The van der Waals surface area contributed by atoms with E-state index in [4.69, 9.17) is 12.2 Å². The van der Waals surface area contributed by atoms with Crippen molar-refractivity contribution in [3.05, 3.63) is 59.1 Å². The number of rotatable bonds is 2. The van der Waals surface area contributed by atoms with E-state index in [1.54, 1.807) is 24.5 Å². The van der Waals surface area contributed by atoms with Gasteiger partial charge in [0.2, 0.25) is 0 Å². The van der Waals surface area contributed by atoms with Crippen LogP contribution in [0.2, 0.25) is 0 Å². The van der Waals surface area contributed by atoms with Crippen LogP contribution < -0.4 is 0 Å². The first-order valence-electron chi connectivity index (χ1n) is 5.70. The van der Waals surface area contributed by atoms with Crippen molar-refractivity contribution in [2.75, 3.05) is 0 Å². The second-order valence-electron chi connectivity index (χ2n) is 4.02. The van der Waals surface area contributed by atoms with Crippen LogP contribution in [-0.4, -0.2) is 19.7 Å². The summed E-state index contributed by atoms with van der Waals surface area (Å²) in [5, 5.41) is 6.56. The first-order valence-corrected chi connectivity index (χ1v) is 6.11. The summed E-state index contributed by atoms with van der Waals surface area (Å²) >= 11 is 5.13. The monoisotopic (exact) mass is 290 g/mol. The van der Waals surface area contributed by atoms with E-state index >= 15 is 0 Å². The maximum absolute atomic E-state index is 13.9. The first kappa shape index (κ1) is 12.6. The summed E-state index contributed by atoms with van der Waals surface area (Å²) < 4.78 is 29.0. The van der Waals surface area contributed by atoms with E-state index in [9.17, 15) is 8.78 Å². The van der Waals surface area contributed by atoms with Gasteiger partial charge in [0, 0.05) is 6.20 Å². The molecule has 0 radical (unpaired) electrons. The fourth-order valence-electron chi connectivity index (χ4n) is 1.87. The normalized spacial score (nSPS) is 10.7. The average Bonchev–Trinajstić information content (AvgIpc) is 2.84. The number of H-pyrrole nitrogens is 1. The molecule has 0 saturated heterocycles. The summed E-state index contributed by atoms with van der Waals surface area (Å²) in [5.74, 6) is -0.932. The minimum absolute atomic E-state index is 0.0289. The molecule has 0 bridgehead atoms. The van der Waals surface area contributed by atoms with E-state index in [1.165, 1.54) is 4.57 Å². The van der Waals surface area contributed by atoms with Gasteiger partial charge in [-0.2, -0.15) is 5.10 Å². The SMILES string of the molecule is Fc1ccc(F)c(-c2n[nH]c(=S)n2-c2cccnc2)c1. The lowest BCUT2D eigenvalue weighted by molar-refractivity contribution is 0.601. The smallest absolute Gasteiger partial charge is 0.200 e. The number of pyridine rings is 1. The third kappa shape index (κ3) is 2.12. The van der Waals surface area contributed by atoms with E-state index in [0.717, 1.165) is 18.2 Å². The summed E-state index contributed by atoms with van der Waals surface area (Å²) in [6.07, 6.45) is 3.17. The lowest BCUT2D eigenvalue weighted by Crippen LogP contribution is -2.00. The van der Waals surface area contributed by atoms with Gasteiger partial charge < -0.3 is 0 Å². The number of aromatic nitrogens is 4. The molecule has 0 aliphatic rings. The predicted octanol–water partition coefficient (Wildman–Crippen LogP) is 3.27. The average molecular weight is 290 g/mol. The summed E-state index contributed by atoms with van der Waals surface area (Å²) in [7, 11) is 0. The lowest BCUT2D eigenvalue weighted by atomic mass is 10.2. The molecule has 1 aromatic carbocycles. The zero-order valence-electron chi connectivity index (χ0n) is 10.0. The van der Waals surface area contributed by atoms with Crippen LogP contribution in [0.3, 0.4) is 0 Å². The molecule has 0 spiro atoms. The van der Waals surface area contributed by atoms with Crippen molar-refractivity contribution in [3.8, 4) is 17.1 Å². The van der Waals surface area contributed by atoms with Gasteiger partial charge in [0.1, 0.15) is 11.6 Å². The van der Waals surface area contributed by atoms with E-state index in [1.807, 2.05) is 0 Å².